The van der Waals surface area contributed by atoms with Crippen LogP contribution in [0.25, 0.3) is 11.1 Å². The first-order valence-electron chi connectivity index (χ1n) is 9.40. The molecule has 2 aromatic carbocycles. The van der Waals surface area contributed by atoms with Crippen LogP contribution in [0.4, 0.5) is 0 Å². The van der Waals surface area contributed by atoms with Crippen LogP contribution in [-0.2, 0) is 20.8 Å². The number of carboxylic acid groups (broad SMARTS) is 2. The summed E-state index contributed by atoms with van der Waals surface area (Å²) in [6.07, 6.45) is 1.54. The third-order valence-corrected chi connectivity index (χ3v) is 4.61. The van der Waals surface area contributed by atoms with Gasteiger partial charge in [-0.15, -0.1) is 6.58 Å². The molecule has 1 amide bonds. The highest BCUT2D eigenvalue weighted by molar-refractivity contribution is 5.81. The zero-order valence-electron chi connectivity index (χ0n) is 16.1. The van der Waals surface area contributed by atoms with Crippen molar-refractivity contribution in [3.05, 3.63) is 72.8 Å². The molecule has 6 heteroatoms. The number of benzene rings is 2. The van der Waals surface area contributed by atoms with E-state index in [1.807, 2.05) is 54.6 Å². The summed E-state index contributed by atoms with van der Waals surface area (Å²) in [5, 5.41) is 20.8. The summed E-state index contributed by atoms with van der Waals surface area (Å²) in [7, 11) is 0. The SMILES string of the molecule is C=CC(CC(Cc1ccc(-c2ccccc2)cc1)NC(=O)CCC(=O)O)C(=O)O. The zero-order valence-corrected chi connectivity index (χ0v) is 16.1. The lowest BCUT2D eigenvalue weighted by Crippen LogP contribution is -2.38. The molecule has 0 aliphatic rings. The number of amides is 1. The van der Waals surface area contributed by atoms with Gasteiger partial charge in [-0.25, -0.2) is 0 Å². The summed E-state index contributed by atoms with van der Waals surface area (Å²) in [6, 6.07) is 17.3. The molecule has 0 saturated heterocycles. The predicted molar refractivity (Wildman–Crippen MR) is 110 cm³/mol. The molecule has 0 bridgehead atoms. The Bertz CT molecular complexity index is 845. The fraction of sp³-hybridized carbons (Fsp3) is 0.261. The van der Waals surface area contributed by atoms with Crippen molar-refractivity contribution in [2.45, 2.75) is 31.7 Å². The summed E-state index contributed by atoms with van der Waals surface area (Å²) >= 11 is 0. The van der Waals surface area contributed by atoms with Crippen molar-refractivity contribution in [3.63, 3.8) is 0 Å². The van der Waals surface area contributed by atoms with Crippen LogP contribution in [0, 0.1) is 5.92 Å². The standard InChI is InChI=1S/C23H25NO5/c1-2-17(23(28)29)15-20(24-21(25)12-13-22(26)27)14-16-8-10-19(11-9-16)18-6-4-3-5-7-18/h2-11,17,20H,1,12-15H2,(H,24,25)(H,26,27)(H,28,29). The maximum Gasteiger partial charge on any atom is 0.310 e. The first-order chi connectivity index (χ1) is 13.9. The van der Waals surface area contributed by atoms with E-state index in [9.17, 15) is 19.5 Å². The molecule has 3 N–H and O–H groups in total. The van der Waals surface area contributed by atoms with Crippen LogP contribution in [0.1, 0.15) is 24.8 Å². The molecule has 0 aliphatic heterocycles. The second-order valence-corrected chi connectivity index (χ2v) is 6.84. The van der Waals surface area contributed by atoms with Gasteiger partial charge in [0.2, 0.25) is 5.91 Å². The van der Waals surface area contributed by atoms with Gasteiger partial charge in [-0.3, -0.25) is 14.4 Å². The highest BCUT2D eigenvalue weighted by Crippen LogP contribution is 2.21. The van der Waals surface area contributed by atoms with Crippen molar-refractivity contribution in [3.8, 4) is 11.1 Å². The monoisotopic (exact) mass is 395 g/mol. The third kappa shape index (κ3) is 7.25. The molecule has 6 nitrogen and oxygen atoms in total. The van der Waals surface area contributed by atoms with Gasteiger partial charge in [-0.05, 0) is 29.5 Å². The number of nitrogens with one attached hydrogen (secondary N) is 1. The number of rotatable bonds is 11. The molecule has 0 spiro atoms. The molecular formula is C23H25NO5. The van der Waals surface area contributed by atoms with Gasteiger partial charge < -0.3 is 15.5 Å². The highest BCUT2D eigenvalue weighted by Gasteiger charge is 2.22. The van der Waals surface area contributed by atoms with Crippen molar-refractivity contribution in [1.82, 2.24) is 5.32 Å². The number of aliphatic carboxylic acids is 2. The Morgan fingerprint density at radius 2 is 1.55 bits per heavy atom. The fourth-order valence-electron chi connectivity index (χ4n) is 3.07. The van der Waals surface area contributed by atoms with E-state index < -0.39 is 29.8 Å². The van der Waals surface area contributed by atoms with Gasteiger partial charge in [0.05, 0.1) is 12.3 Å². The number of carbonyl (C=O) groups excluding carboxylic acids is 1. The molecule has 0 aromatic heterocycles. The average molecular weight is 395 g/mol. The highest BCUT2D eigenvalue weighted by atomic mass is 16.4. The minimum Gasteiger partial charge on any atom is -0.481 e. The summed E-state index contributed by atoms with van der Waals surface area (Å²) in [5.74, 6) is -3.28. The lowest BCUT2D eigenvalue weighted by Gasteiger charge is -2.21. The Hall–Kier alpha value is -3.41. The summed E-state index contributed by atoms with van der Waals surface area (Å²) in [4.78, 5) is 34.1. The maximum absolute atomic E-state index is 12.1. The van der Waals surface area contributed by atoms with Gasteiger partial charge in [0.1, 0.15) is 0 Å². The quantitative estimate of drug-likeness (QED) is 0.505. The van der Waals surface area contributed by atoms with Crippen LogP contribution in [0.2, 0.25) is 0 Å². The van der Waals surface area contributed by atoms with Gasteiger partial charge in [0.25, 0.3) is 0 Å². The van der Waals surface area contributed by atoms with Crippen LogP contribution in [0.3, 0.4) is 0 Å². The van der Waals surface area contributed by atoms with Crippen molar-refractivity contribution in [2.75, 3.05) is 0 Å². The Balaban J connectivity index is 2.10. The first kappa shape index (κ1) is 21.9. The molecule has 2 atom stereocenters. The summed E-state index contributed by atoms with van der Waals surface area (Å²) < 4.78 is 0. The molecule has 29 heavy (non-hydrogen) atoms. The van der Waals surface area contributed by atoms with Crippen molar-refractivity contribution < 1.29 is 24.6 Å². The zero-order chi connectivity index (χ0) is 21.2. The Morgan fingerprint density at radius 1 is 0.931 bits per heavy atom. The van der Waals surface area contributed by atoms with Crippen LogP contribution < -0.4 is 5.32 Å². The van der Waals surface area contributed by atoms with Crippen molar-refractivity contribution in [2.24, 2.45) is 5.92 Å². The predicted octanol–water partition coefficient (Wildman–Crippen LogP) is 3.52. The largest absolute Gasteiger partial charge is 0.481 e. The van der Waals surface area contributed by atoms with Gasteiger partial charge in [-0.2, -0.15) is 0 Å². The van der Waals surface area contributed by atoms with Crippen LogP contribution >= 0.6 is 0 Å². The van der Waals surface area contributed by atoms with Crippen LogP contribution in [0.5, 0.6) is 0 Å². The van der Waals surface area contributed by atoms with Gasteiger partial charge in [0.15, 0.2) is 0 Å². The topological polar surface area (TPSA) is 104 Å². The van der Waals surface area contributed by atoms with E-state index in [-0.39, 0.29) is 19.3 Å². The second kappa shape index (κ2) is 10.8. The van der Waals surface area contributed by atoms with Crippen molar-refractivity contribution in [1.29, 1.82) is 0 Å². The molecule has 2 unspecified atom stereocenters. The van der Waals surface area contributed by atoms with Crippen LogP contribution in [-0.4, -0.2) is 34.1 Å². The van der Waals surface area contributed by atoms with E-state index in [4.69, 9.17) is 5.11 Å². The number of hydrogen-bond acceptors (Lipinski definition) is 3. The minimum absolute atomic E-state index is 0.148. The van der Waals surface area contributed by atoms with Gasteiger partial charge in [0, 0.05) is 12.5 Å². The minimum atomic E-state index is -1.05. The Morgan fingerprint density at radius 3 is 2.10 bits per heavy atom. The van der Waals surface area contributed by atoms with Crippen molar-refractivity contribution >= 4 is 17.8 Å². The molecule has 0 radical (unpaired) electrons. The normalized spacial score (nSPS) is 12.6. The van der Waals surface area contributed by atoms with E-state index >= 15 is 0 Å². The lowest BCUT2D eigenvalue weighted by molar-refractivity contribution is -0.140. The molecular weight excluding hydrogens is 370 g/mol. The van der Waals surface area contributed by atoms with E-state index in [2.05, 4.69) is 11.9 Å². The second-order valence-electron chi connectivity index (χ2n) is 6.84. The summed E-state index contributed by atoms with van der Waals surface area (Å²) in [6.45, 7) is 3.55. The van der Waals surface area contributed by atoms with E-state index in [0.29, 0.717) is 6.42 Å². The molecule has 0 heterocycles. The Labute approximate surface area is 169 Å². The van der Waals surface area contributed by atoms with E-state index in [0.717, 1.165) is 16.7 Å². The number of hydrogen-bond donors (Lipinski definition) is 3. The number of carboxylic acids is 2. The maximum atomic E-state index is 12.1. The van der Waals surface area contributed by atoms with Crippen LogP contribution in [0.15, 0.2) is 67.3 Å². The molecule has 152 valence electrons. The smallest absolute Gasteiger partial charge is 0.310 e. The Kier molecular flexibility index (Phi) is 8.15. The molecule has 0 saturated carbocycles. The fourth-order valence-corrected chi connectivity index (χ4v) is 3.07. The average Bonchev–Trinajstić information content (AvgIpc) is 2.71. The number of carbonyl (C=O) groups is 3. The van der Waals surface area contributed by atoms with Gasteiger partial charge >= 0.3 is 11.9 Å². The summed E-state index contributed by atoms with van der Waals surface area (Å²) in [5.41, 5.74) is 3.10. The molecule has 0 fully saturated rings. The lowest BCUT2D eigenvalue weighted by atomic mass is 9.94. The van der Waals surface area contributed by atoms with E-state index in [1.165, 1.54) is 6.08 Å². The molecule has 2 rings (SSSR count). The first-order valence-corrected chi connectivity index (χ1v) is 9.40. The molecule has 0 aliphatic carbocycles. The van der Waals surface area contributed by atoms with Gasteiger partial charge in [-0.1, -0.05) is 60.7 Å². The van der Waals surface area contributed by atoms with E-state index in [1.54, 1.807) is 0 Å². The third-order valence-electron chi connectivity index (χ3n) is 4.61. The molecule has 2 aromatic rings.